The zero-order valence-corrected chi connectivity index (χ0v) is 21.1. The summed E-state index contributed by atoms with van der Waals surface area (Å²) < 4.78 is 30.3. The molecule has 0 unspecified atom stereocenters. The number of hydrogen-bond acceptors (Lipinski definition) is 9. The third-order valence-electron chi connectivity index (χ3n) is 5.89. The van der Waals surface area contributed by atoms with Gasteiger partial charge in [-0.25, -0.2) is 4.79 Å². The number of benzene rings is 2. The molecule has 2 heterocycles. The maximum absolute atomic E-state index is 13.0. The van der Waals surface area contributed by atoms with Crippen LogP contribution in [0.1, 0.15) is 48.9 Å². The third-order valence-corrected chi connectivity index (χ3v) is 6.93. The predicted octanol–water partition coefficient (Wildman–Crippen LogP) is 4.09. The molecule has 36 heavy (non-hydrogen) atoms. The van der Waals surface area contributed by atoms with Gasteiger partial charge in [-0.2, -0.15) is 0 Å². The Hall–Kier alpha value is -2.72. The highest BCUT2D eigenvalue weighted by molar-refractivity contribution is 7.99. The van der Waals surface area contributed by atoms with Crippen LogP contribution in [-0.4, -0.2) is 59.9 Å². The fraction of sp³-hybridized carbons (Fsp3) is 0.444. The minimum Gasteiger partial charge on any atom is -0.455 e. The summed E-state index contributed by atoms with van der Waals surface area (Å²) in [5, 5.41) is 0. The van der Waals surface area contributed by atoms with Gasteiger partial charge in [0.2, 0.25) is 0 Å². The van der Waals surface area contributed by atoms with Crippen molar-refractivity contribution in [3.63, 3.8) is 0 Å². The average Bonchev–Trinajstić information content (AvgIpc) is 2.90. The van der Waals surface area contributed by atoms with Crippen molar-refractivity contribution in [1.82, 2.24) is 0 Å². The predicted molar refractivity (Wildman–Crippen MR) is 132 cm³/mol. The van der Waals surface area contributed by atoms with E-state index in [1.165, 1.54) is 18.7 Å². The summed E-state index contributed by atoms with van der Waals surface area (Å²) in [6.07, 6.45) is -3.87. The molecule has 2 aromatic rings. The summed E-state index contributed by atoms with van der Waals surface area (Å²) in [5.74, 6) is -0.556. The molecular formula is C27H30O8S. The molecule has 0 saturated carbocycles. The van der Waals surface area contributed by atoms with Crippen LogP contribution in [0.5, 0.6) is 0 Å². The lowest BCUT2D eigenvalue weighted by Crippen LogP contribution is -2.63. The molecule has 6 atom stereocenters. The van der Waals surface area contributed by atoms with Gasteiger partial charge in [0.25, 0.3) is 0 Å². The van der Waals surface area contributed by atoms with E-state index in [1.54, 1.807) is 30.3 Å². The number of esters is 2. The molecule has 0 radical (unpaired) electrons. The molecule has 2 saturated heterocycles. The van der Waals surface area contributed by atoms with Crippen LogP contribution >= 0.6 is 11.8 Å². The minimum atomic E-state index is -0.949. The summed E-state index contributed by atoms with van der Waals surface area (Å²) in [5.41, 5.74) is 0.576. The molecule has 0 spiro atoms. The number of fused-ring (bicyclic) bond motifs is 1. The van der Waals surface area contributed by atoms with Gasteiger partial charge in [-0.15, -0.1) is 11.8 Å². The molecule has 9 heteroatoms. The van der Waals surface area contributed by atoms with Crippen LogP contribution in [0, 0.1) is 0 Å². The Morgan fingerprint density at radius 1 is 0.917 bits per heavy atom. The summed E-state index contributed by atoms with van der Waals surface area (Å²) in [7, 11) is 0. The van der Waals surface area contributed by atoms with Crippen molar-refractivity contribution in [3.8, 4) is 0 Å². The van der Waals surface area contributed by atoms with Crippen molar-refractivity contribution in [1.29, 1.82) is 0 Å². The second-order valence-electron chi connectivity index (χ2n) is 8.57. The molecule has 2 fully saturated rings. The van der Waals surface area contributed by atoms with Crippen LogP contribution < -0.4 is 0 Å². The largest absolute Gasteiger partial charge is 0.455 e. The van der Waals surface area contributed by atoms with E-state index in [1.807, 2.05) is 37.3 Å². The molecule has 192 valence electrons. The molecule has 0 bridgehead atoms. The monoisotopic (exact) mass is 514 g/mol. The van der Waals surface area contributed by atoms with Gasteiger partial charge in [-0.3, -0.25) is 4.79 Å². The second kappa shape index (κ2) is 12.5. The van der Waals surface area contributed by atoms with Crippen molar-refractivity contribution in [2.75, 3.05) is 12.4 Å². The van der Waals surface area contributed by atoms with Gasteiger partial charge in [0.05, 0.1) is 18.6 Å². The summed E-state index contributed by atoms with van der Waals surface area (Å²) in [6, 6.07) is 18.0. The lowest BCUT2D eigenvalue weighted by Gasteiger charge is -2.48. The van der Waals surface area contributed by atoms with Crippen molar-refractivity contribution in [2.24, 2.45) is 0 Å². The van der Waals surface area contributed by atoms with Gasteiger partial charge < -0.3 is 28.5 Å². The van der Waals surface area contributed by atoms with Gasteiger partial charge >= 0.3 is 11.9 Å². The molecular weight excluding hydrogens is 484 g/mol. The number of carbonyl (C=O) groups excluding carboxylic acids is 3. The first-order chi connectivity index (χ1) is 17.5. The van der Waals surface area contributed by atoms with Crippen LogP contribution in [0.3, 0.4) is 0 Å². The van der Waals surface area contributed by atoms with Crippen molar-refractivity contribution < 1.29 is 38.1 Å². The summed E-state index contributed by atoms with van der Waals surface area (Å²) in [4.78, 5) is 37.2. The molecule has 0 aromatic heterocycles. The van der Waals surface area contributed by atoms with E-state index in [4.69, 9.17) is 23.7 Å². The molecule has 0 aliphatic carbocycles. The fourth-order valence-electron chi connectivity index (χ4n) is 4.14. The normalized spacial score (nSPS) is 27.5. The van der Waals surface area contributed by atoms with Crippen molar-refractivity contribution in [3.05, 3.63) is 71.8 Å². The Labute approximate surface area is 214 Å². The number of ether oxygens (including phenoxy) is 5. The van der Waals surface area contributed by atoms with E-state index < -0.39 is 48.1 Å². The van der Waals surface area contributed by atoms with Gasteiger partial charge in [-0.1, -0.05) is 55.5 Å². The van der Waals surface area contributed by atoms with E-state index in [9.17, 15) is 14.4 Å². The third kappa shape index (κ3) is 6.53. The Morgan fingerprint density at radius 3 is 2.28 bits per heavy atom. The molecule has 2 aliphatic heterocycles. The van der Waals surface area contributed by atoms with Gasteiger partial charge in [0.1, 0.15) is 23.4 Å². The highest BCUT2D eigenvalue weighted by Gasteiger charge is 2.53. The standard InChI is InChI=1S/C27H30O8S/c1-3-36-27-24(34-25(30)18-10-6-4-7-11-18)23(33-21(29)15-14-17(2)28)22-20(32-27)16-31-26(35-22)19-12-8-5-9-13-19/h4-13,20,22-24,26-27H,3,14-16H2,1-2H3/t20-,22-,23+,24-,26-,27+/m1/s1. The molecule has 8 nitrogen and oxygen atoms in total. The Balaban J connectivity index is 1.62. The van der Waals surface area contributed by atoms with Crippen LogP contribution in [0.25, 0.3) is 0 Å². The zero-order valence-electron chi connectivity index (χ0n) is 20.2. The zero-order chi connectivity index (χ0) is 25.5. The SMILES string of the molecule is CCS[C@@H]1O[C@@H]2CO[C@@H](c3ccccc3)O[C@H]2[C@H](OC(=O)CCC(C)=O)[C@H]1OC(=O)c1ccccc1. The molecule has 0 N–H and O–H groups in total. The quantitative estimate of drug-likeness (QED) is 0.459. The topological polar surface area (TPSA) is 97.4 Å². The van der Waals surface area contributed by atoms with E-state index in [-0.39, 0.29) is 25.2 Å². The first-order valence-corrected chi connectivity index (χ1v) is 13.0. The Bertz CT molecular complexity index is 1030. The van der Waals surface area contributed by atoms with Crippen LogP contribution in [-0.2, 0) is 33.3 Å². The maximum Gasteiger partial charge on any atom is 0.338 e. The van der Waals surface area contributed by atoms with Crippen LogP contribution in [0.2, 0.25) is 0 Å². The summed E-state index contributed by atoms with van der Waals surface area (Å²) in [6.45, 7) is 3.59. The highest BCUT2D eigenvalue weighted by atomic mass is 32.2. The fourth-order valence-corrected chi connectivity index (χ4v) is 5.09. The van der Waals surface area contributed by atoms with Crippen LogP contribution in [0.15, 0.2) is 60.7 Å². The van der Waals surface area contributed by atoms with Gasteiger partial charge in [-0.05, 0) is 24.8 Å². The van der Waals surface area contributed by atoms with Gasteiger partial charge in [0.15, 0.2) is 18.5 Å². The van der Waals surface area contributed by atoms with Crippen LogP contribution in [0.4, 0.5) is 0 Å². The van der Waals surface area contributed by atoms with E-state index >= 15 is 0 Å². The van der Waals surface area contributed by atoms with Crippen molar-refractivity contribution in [2.45, 2.75) is 62.8 Å². The molecule has 0 amide bonds. The number of Topliss-reactive ketones (excluding diaryl/α,β-unsaturated/α-hetero) is 1. The highest BCUT2D eigenvalue weighted by Crippen LogP contribution is 2.39. The maximum atomic E-state index is 13.0. The van der Waals surface area contributed by atoms with Crippen molar-refractivity contribution >= 4 is 29.5 Å². The van der Waals surface area contributed by atoms with E-state index in [2.05, 4.69) is 0 Å². The summed E-state index contributed by atoms with van der Waals surface area (Å²) >= 11 is 1.44. The first-order valence-electron chi connectivity index (χ1n) is 12.0. The Kier molecular flexibility index (Phi) is 9.14. The number of hydrogen-bond donors (Lipinski definition) is 0. The number of thioether (sulfide) groups is 1. The first kappa shape index (κ1) is 26.3. The van der Waals surface area contributed by atoms with Gasteiger partial charge in [0, 0.05) is 12.0 Å². The smallest absolute Gasteiger partial charge is 0.338 e. The number of ketones is 1. The molecule has 4 rings (SSSR count). The lowest BCUT2D eigenvalue weighted by atomic mass is 9.98. The molecule has 2 aromatic carbocycles. The molecule has 2 aliphatic rings. The lowest BCUT2D eigenvalue weighted by molar-refractivity contribution is -0.319. The second-order valence-corrected chi connectivity index (χ2v) is 9.94. The minimum absolute atomic E-state index is 0.0639. The average molecular weight is 515 g/mol. The number of carbonyl (C=O) groups is 3. The number of rotatable bonds is 9. The van der Waals surface area contributed by atoms with E-state index in [0.717, 1.165) is 5.56 Å². The Morgan fingerprint density at radius 2 is 1.61 bits per heavy atom. The van der Waals surface area contributed by atoms with E-state index in [0.29, 0.717) is 11.3 Å².